The Morgan fingerprint density at radius 1 is 0.469 bits per heavy atom. The molecule has 8 heteroatoms. The molecule has 0 aromatic heterocycles. The highest BCUT2D eigenvalue weighted by molar-refractivity contribution is 5.76. The molecular formula is C24H44N2O6. The Kier molecular flexibility index (Phi) is 20.6. The maximum absolute atomic E-state index is 11.7. The number of amides is 2. The Bertz CT molecular complexity index is 479. The van der Waals surface area contributed by atoms with Crippen molar-refractivity contribution < 1.29 is 28.7 Å². The Morgan fingerprint density at radius 3 is 1.12 bits per heavy atom. The van der Waals surface area contributed by atoms with E-state index in [4.69, 9.17) is 0 Å². The van der Waals surface area contributed by atoms with E-state index >= 15 is 0 Å². The van der Waals surface area contributed by atoms with Crippen LogP contribution < -0.4 is 10.6 Å². The molecule has 0 saturated heterocycles. The number of carbonyl (C=O) groups is 4. The summed E-state index contributed by atoms with van der Waals surface area (Å²) in [4.78, 5) is 45.3. The van der Waals surface area contributed by atoms with Crippen LogP contribution in [0.5, 0.6) is 0 Å². The van der Waals surface area contributed by atoms with Gasteiger partial charge in [-0.15, -0.1) is 0 Å². The average Bonchev–Trinajstić information content (AvgIpc) is 2.79. The predicted octanol–water partition coefficient (Wildman–Crippen LogP) is 3.81. The summed E-state index contributed by atoms with van der Waals surface area (Å²) >= 11 is 0. The van der Waals surface area contributed by atoms with Gasteiger partial charge in [0.05, 0.1) is 14.2 Å². The first kappa shape index (κ1) is 29.9. The van der Waals surface area contributed by atoms with Crippen LogP contribution in [0.25, 0.3) is 0 Å². The molecule has 0 heterocycles. The van der Waals surface area contributed by atoms with Crippen LogP contribution in [0.15, 0.2) is 0 Å². The monoisotopic (exact) mass is 456 g/mol. The van der Waals surface area contributed by atoms with Crippen LogP contribution >= 0.6 is 0 Å². The second-order valence-corrected chi connectivity index (χ2v) is 8.09. The number of nitrogens with one attached hydrogen (secondary N) is 2. The molecule has 2 amide bonds. The maximum Gasteiger partial charge on any atom is 0.305 e. The van der Waals surface area contributed by atoms with Crippen molar-refractivity contribution in [3.63, 3.8) is 0 Å². The van der Waals surface area contributed by atoms with E-state index in [0.717, 1.165) is 38.8 Å². The highest BCUT2D eigenvalue weighted by atomic mass is 16.5. The number of carbonyl (C=O) groups excluding carboxylic acids is 4. The average molecular weight is 457 g/mol. The Morgan fingerprint density at radius 2 is 0.781 bits per heavy atom. The second kappa shape index (κ2) is 22.1. The fourth-order valence-electron chi connectivity index (χ4n) is 3.26. The normalized spacial score (nSPS) is 10.4. The molecule has 0 aromatic carbocycles. The van der Waals surface area contributed by atoms with E-state index < -0.39 is 0 Å². The minimum absolute atomic E-state index is 0.0585. The minimum atomic E-state index is -0.224. The van der Waals surface area contributed by atoms with Gasteiger partial charge in [-0.2, -0.15) is 0 Å². The van der Waals surface area contributed by atoms with Crippen molar-refractivity contribution >= 4 is 23.8 Å². The third-order valence-corrected chi connectivity index (χ3v) is 5.27. The predicted molar refractivity (Wildman–Crippen MR) is 124 cm³/mol. The van der Waals surface area contributed by atoms with Crippen LogP contribution in [0.2, 0.25) is 0 Å². The summed E-state index contributed by atoms with van der Waals surface area (Å²) in [6.45, 7) is 1.44. The number of rotatable bonds is 21. The Hall–Kier alpha value is -2.12. The largest absolute Gasteiger partial charge is 0.469 e. The van der Waals surface area contributed by atoms with Crippen molar-refractivity contribution in [2.45, 2.75) is 103 Å². The van der Waals surface area contributed by atoms with Crippen LogP contribution in [0, 0.1) is 0 Å². The molecule has 186 valence electrons. The van der Waals surface area contributed by atoms with Gasteiger partial charge in [-0.05, 0) is 38.5 Å². The lowest BCUT2D eigenvalue weighted by Gasteiger charge is -2.06. The molecular weight excluding hydrogens is 412 g/mol. The van der Waals surface area contributed by atoms with E-state index in [1.54, 1.807) is 0 Å². The highest BCUT2D eigenvalue weighted by Crippen LogP contribution is 2.08. The zero-order chi connectivity index (χ0) is 23.9. The van der Waals surface area contributed by atoms with E-state index in [0.29, 0.717) is 51.4 Å². The lowest BCUT2D eigenvalue weighted by atomic mass is 10.1. The van der Waals surface area contributed by atoms with Gasteiger partial charge in [0.25, 0.3) is 0 Å². The molecule has 0 radical (unpaired) electrons. The maximum atomic E-state index is 11.7. The van der Waals surface area contributed by atoms with E-state index in [1.807, 2.05) is 0 Å². The van der Waals surface area contributed by atoms with Gasteiger partial charge in [-0.3, -0.25) is 19.2 Å². The SMILES string of the molecule is COC(=O)CCCCC(=O)NCCCCCCCCCCNC(=O)CCCCC(=O)OC. The molecule has 0 spiro atoms. The number of methoxy groups -OCH3 is 2. The van der Waals surface area contributed by atoms with Gasteiger partial charge in [-0.1, -0.05) is 38.5 Å². The number of ether oxygens (including phenoxy) is 2. The van der Waals surface area contributed by atoms with Gasteiger partial charge in [0, 0.05) is 38.8 Å². The Labute approximate surface area is 193 Å². The summed E-state index contributed by atoms with van der Waals surface area (Å²) in [5, 5.41) is 5.86. The van der Waals surface area contributed by atoms with E-state index in [2.05, 4.69) is 20.1 Å². The van der Waals surface area contributed by atoms with E-state index in [-0.39, 0.29) is 23.8 Å². The zero-order valence-corrected chi connectivity index (χ0v) is 20.2. The van der Waals surface area contributed by atoms with Crippen LogP contribution in [-0.4, -0.2) is 51.1 Å². The lowest BCUT2D eigenvalue weighted by Crippen LogP contribution is -2.24. The van der Waals surface area contributed by atoms with Crippen molar-refractivity contribution in [2.75, 3.05) is 27.3 Å². The molecule has 0 unspecified atom stereocenters. The molecule has 8 nitrogen and oxygen atoms in total. The van der Waals surface area contributed by atoms with Gasteiger partial charge in [-0.25, -0.2) is 0 Å². The molecule has 0 aliphatic heterocycles. The number of esters is 2. The number of hydrogen-bond acceptors (Lipinski definition) is 6. The molecule has 0 bridgehead atoms. The topological polar surface area (TPSA) is 111 Å². The summed E-state index contributed by atoms with van der Waals surface area (Å²) < 4.78 is 9.14. The standard InChI is InChI=1S/C24H44N2O6/c1-31-23(29)17-11-9-15-21(27)25-19-13-7-5-3-4-6-8-14-20-26-22(28)16-10-12-18-24(30)32-2/h3-20H2,1-2H3,(H,25,27)(H,26,28). The first-order valence-corrected chi connectivity index (χ1v) is 12.2. The minimum Gasteiger partial charge on any atom is -0.469 e. The van der Waals surface area contributed by atoms with Gasteiger partial charge < -0.3 is 20.1 Å². The summed E-state index contributed by atoms with van der Waals surface area (Å²) in [5.74, 6) is -0.332. The van der Waals surface area contributed by atoms with Crippen LogP contribution in [0.3, 0.4) is 0 Å². The van der Waals surface area contributed by atoms with Crippen LogP contribution in [0.1, 0.15) is 103 Å². The second-order valence-electron chi connectivity index (χ2n) is 8.09. The van der Waals surface area contributed by atoms with Gasteiger partial charge in [0.15, 0.2) is 0 Å². The van der Waals surface area contributed by atoms with Gasteiger partial charge >= 0.3 is 11.9 Å². The third kappa shape index (κ3) is 21.1. The third-order valence-electron chi connectivity index (χ3n) is 5.27. The van der Waals surface area contributed by atoms with E-state index in [1.165, 1.54) is 39.9 Å². The van der Waals surface area contributed by atoms with Crippen LogP contribution in [0.4, 0.5) is 0 Å². The lowest BCUT2D eigenvalue weighted by molar-refractivity contribution is -0.141. The highest BCUT2D eigenvalue weighted by Gasteiger charge is 2.04. The molecule has 0 fully saturated rings. The molecule has 0 rings (SSSR count). The van der Waals surface area contributed by atoms with Crippen molar-refractivity contribution in [1.29, 1.82) is 0 Å². The summed E-state index contributed by atoms with van der Waals surface area (Å²) in [6, 6.07) is 0. The molecule has 2 N–H and O–H groups in total. The summed E-state index contributed by atoms with van der Waals surface area (Å²) in [5.41, 5.74) is 0. The van der Waals surface area contributed by atoms with Crippen molar-refractivity contribution in [3.8, 4) is 0 Å². The van der Waals surface area contributed by atoms with Gasteiger partial charge in [0.2, 0.25) is 11.8 Å². The quantitative estimate of drug-likeness (QED) is 0.201. The fraction of sp³-hybridized carbons (Fsp3) is 0.833. The fourth-order valence-corrected chi connectivity index (χ4v) is 3.26. The molecule has 0 aliphatic carbocycles. The zero-order valence-electron chi connectivity index (χ0n) is 20.2. The number of hydrogen-bond donors (Lipinski definition) is 2. The first-order valence-electron chi connectivity index (χ1n) is 12.2. The molecule has 0 aliphatic rings. The molecule has 32 heavy (non-hydrogen) atoms. The van der Waals surface area contributed by atoms with Crippen molar-refractivity contribution in [3.05, 3.63) is 0 Å². The van der Waals surface area contributed by atoms with Crippen molar-refractivity contribution in [2.24, 2.45) is 0 Å². The summed E-state index contributed by atoms with van der Waals surface area (Å²) in [6.07, 6.45) is 13.5. The van der Waals surface area contributed by atoms with Gasteiger partial charge in [0.1, 0.15) is 0 Å². The first-order chi connectivity index (χ1) is 15.5. The molecule has 0 atom stereocenters. The van der Waals surface area contributed by atoms with Crippen molar-refractivity contribution in [1.82, 2.24) is 10.6 Å². The van der Waals surface area contributed by atoms with Crippen LogP contribution in [-0.2, 0) is 28.7 Å². The van der Waals surface area contributed by atoms with E-state index in [9.17, 15) is 19.2 Å². The number of unbranched alkanes of at least 4 members (excludes halogenated alkanes) is 9. The molecule has 0 saturated carbocycles. The summed E-state index contributed by atoms with van der Waals surface area (Å²) in [7, 11) is 2.75. The smallest absolute Gasteiger partial charge is 0.305 e. The Balaban J connectivity index is 3.29. The molecule has 0 aromatic rings.